The number of fused-ring (bicyclic) bond motifs is 2. The lowest BCUT2D eigenvalue weighted by Crippen LogP contribution is -2.62. The highest BCUT2D eigenvalue weighted by atomic mass is 35.5. The van der Waals surface area contributed by atoms with Gasteiger partial charge in [-0.3, -0.25) is 4.79 Å². The van der Waals surface area contributed by atoms with Gasteiger partial charge in [0, 0.05) is 43.6 Å². The fraction of sp³-hybridized carbons (Fsp3) is 0.950. The molecule has 0 aromatic carbocycles. The molecule has 0 radical (unpaired) electrons. The molecule has 2 bridgehead atoms. The van der Waals surface area contributed by atoms with E-state index in [1.54, 1.807) is 0 Å². The number of amides is 1. The number of ether oxygens (including phenoxy) is 1. The molecule has 1 amide bonds. The number of carbonyl (C=O) groups is 1. The van der Waals surface area contributed by atoms with E-state index in [4.69, 9.17) is 4.74 Å². The van der Waals surface area contributed by atoms with Gasteiger partial charge in [-0.1, -0.05) is 27.2 Å². The maximum atomic E-state index is 12.8. The number of piperidine rings is 1. The molecule has 0 spiro atoms. The Balaban J connectivity index is 0.00000225. The normalized spacial score (nSPS) is 35.6. The lowest BCUT2D eigenvalue weighted by Gasteiger charge is -2.55. The minimum atomic E-state index is 0. The molecule has 3 aliphatic rings. The Labute approximate surface area is 159 Å². The Morgan fingerprint density at radius 2 is 1.84 bits per heavy atom. The Kier molecular flexibility index (Phi) is 7.20. The number of hydrogen-bond acceptors (Lipinski definition) is 3. The first-order chi connectivity index (χ1) is 11.4. The van der Waals surface area contributed by atoms with Crippen molar-refractivity contribution in [2.75, 3.05) is 13.7 Å². The molecule has 3 rings (SSSR count). The molecular formula is C20H37ClN2O2. The summed E-state index contributed by atoms with van der Waals surface area (Å²) < 4.78 is 6.03. The second-order valence-corrected chi connectivity index (χ2v) is 8.97. The quantitative estimate of drug-likeness (QED) is 0.691. The number of nitrogens with zero attached hydrogens (tertiary/aromatic N) is 1. The van der Waals surface area contributed by atoms with Crippen LogP contribution in [0.5, 0.6) is 0 Å². The van der Waals surface area contributed by atoms with Crippen LogP contribution in [-0.2, 0) is 9.53 Å². The molecule has 4 nitrogen and oxygen atoms in total. The zero-order valence-corrected chi connectivity index (χ0v) is 17.2. The second-order valence-electron chi connectivity index (χ2n) is 8.97. The van der Waals surface area contributed by atoms with Crippen LogP contribution >= 0.6 is 12.4 Å². The Hall–Kier alpha value is -0.320. The van der Waals surface area contributed by atoms with Crippen molar-refractivity contribution < 1.29 is 9.53 Å². The molecule has 1 saturated carbocycles. The first-order valence-corrected chi connectivity index (χ1v) is 10.0. The third kappa shape index (κ3) is 4.51. The minimum Gasteiger partial charge on any atom is -0.378 e. The fourth-order valence-electron chi connectivity index (χ4n) is 5.08. The van der Waals surface area contributed by atoms with Gasteiger partial charge in [0.25, 0.3) is 0 Å². The van der Waals surface area contributed by atoms with Crippen LogP contribution < -0.4 is 5.32 Å². The number of carbonyl (C=O) groups excluding carboxylic acids is 1. The monoisotopic (exact) mass is 372 g/mol. The van der Waals surface area contributed by atoms with Crippen molar-refractivity contribution >= 4 is 18.3 Å². The molecule has 3 fully saturated rings. The summed E-state index contributed by atoms with van der Waals surface area (Å²) in [6.45, 7) is 7.56. The van der Waals surface area contributed by atoms with Gasteiger partial charge in [0.2, 0.25) is 5.91 Å². The summed E-state index contributed by atoms with van der Waals surface area (Å²) in [5, 5.41) is 3.67. The van der Waals surface area contributed by atoms with Crippen molar-refractivity contribution in [2.24, 2.45) is 11.3 Å². The van der Waals surface area contributed by atoms with Gasteiger partial charge < -0.3 is 15.0 Å². The molecule has 1 aliphatic carbocycles. The molecule has 2 aliphatic heterocycles. The topological polar surface area (TPSA) is 41.6 Å². The maximum Gasteiger partial charge on any atom is 0.222 e. The maximum absolute atomic E-state index is 12.8. The molecule has 1 N–H and O–H groups in total. The van der Waals surface area contributed by atoms with Gasteiger partial charge in [-0.15, -0.1) is 12.4 Å². The lowest BCUT2D eigenvalue weighted by molar-refractivity contribution is -0.165. The largest absolute Gasteiger partial charge is 0.378 e. The Morgan fingerprint density at radius 1 is 1.20 bits per heavy atom. The van der Waals surface area contributed by atoms with Gasteiger partial charge in [-0.2, -0.15) is 0 Å². The third-order valence-electron chi connectivity index (χ3n) is 6.84. The molecule has 146 valence electrons. The van der Waals surface area contributed by atoms with E-state index < -0.39 is 0 Å². The van der Waals surface area contributed by atoms with Crippen LogP contribution in [0.3, 0.4) is 0 Å². The van der Waals surface area contributed by atoms with Crippen LogP contribution in [0.4, 0.5) is 0 Å². The summed E-state index contributed by atoms with van der Waals surface area (Å²) in [6, 6.07) is 1.67. The van der Waals surface area contributed by atoms with Gasteiger partial charge in [-0.05, 0) is 44.4 Å². The number of hydrogen-bond donors (Lipinski definition) is 1. The number of rotatable bonds is 7. The van der Waals surface area contributed by atoms with Crippen molar-refractivity contribution in [1.82, 2.24) is 10.2 Å². The van der Waals surface area contributed by atoms with Crippen molar-refractivity contribution in [3.63, 3.8) is 0 Å². The SMILES string of the molecule is CCCCOC1CC(N(C)C(=O)CC2CC3CCC(C2)N3)C1(C)C.Cl. The zero-order chi connectivity index (χ0) is 17.3. The molecule has 4 unspecified atom stereocenters. The van der Waals surface area contributed by atoms with Crippen molar-refractivity contribution in [1.29, 1.82) is 0 Å². The summed E-state index contributed by atoms with van der Waals surface area (Å²) in [7, 11) is 2.01. The standard InChI is InChI=1S/C20H36N2O2.ClH/c1-5-6-9-24-18-13-17(20(18,2)3)22(4)19(23)12-14-10-15-7-8-16(11-14)21-15;/h14-18,21H,5-13H2,1-4H3;1H. The van der Waals surface area contributed by atoms with Crippen LogP contribution in [0.15, 0.2) is 0 Å². The van der Waals surface area contributed by atoms with Gasteiger partial charge in [0.05, 0.1) is 6.10 Å². The number of unbranched alkanes of at least 4 members (excludes halogenated alkanes) is 1. The molecule has 4 atom stereocenters. The molecule has 0 aromatic rings. The van der Waals surface area contributed by atoms with Crippen molar-refractivity contribution in [2.45, 2.75) is 96.4 Å². The summed E-state index contributed by atoms with van der Waals surface area (Å²) in [5.74, 6) is 0.921. The molecule has 0 aromatic heterocycles. The molecular weight excluding hydrogens is 336 g/mol. The van der Waals surface area contributed by atoms with Gasteiger partial charge >= 0.3 is 0 Å². The first kappa shape index (κ1) is 21.0. The van der Waals surface area contributed by atoms with Crippen molar-refractivity contribution in [3.8, 4) is 0 Å². The molecule has 25 heavy (non-hydrogen) atoms. The van der Waals surface area contributed by atoms with E-state index in [9.17, 15) is 4.79 Å². The smallest absolute Gasteiger partial charge is 0.222 e. The lowest BCUT2D eigenvalue weighted by atomic mass is 9.63. The third-order valence-corrected chi connectivity index (χ3v) is 6.84. The van der Waals surface area contributed by atoms with Crippen LogP contribution in [-0.4, -0.2) is 48.7 Å². The average Bonchev–Trinajstić information content (AvgIpc) is 2.88. The highest BCUT2D eigenvalue weighted by molar-refractivity contribution is 5.85. The molecule has 2 heterocycles. The van der Waals surface area contributed by atoms with Gasteiger partial charge in [0.1, 0.15) is 0 Å². The van der Waals surface area contributed by atoms with Gasteiger partial charge in [0.15, 0.2) is 0 Å². The van der Waals surface area contributed by atoms with E-state index >= 15 is 0 Å². The minimum absolute atomic E-state index is 0. The predicted molar refractivity (Wildman–Crippen MR) is 104 cm³/mol. The Morgan fingerprint density at radius 3 is 2.40 bits per heavy atom. The van der Waals surface area contributed by atoms with E-state index in [0.717, 1.165) is 25.9 Å². The Bertz CT molecular complexity index is 445. The zero-order valence-electron chi connectivity index (χ0n) is 16.4. The molecule has 2 saturated heterocycles. The van der Waals surface area contributed by atoms with Crippen LogP contribution in [0.2, 0.25) is 0 Å². The summed E-state index contributed by atoms with van der Waals surface area (Å²) >= 11 is 0. The van der Waals surface area contributed by atoms with Crippen LogP contribution in [0.1, 0.15) is 72.1 Å². The van der Waals surface area contributed by atoms with Crippen LogP contribution in [0.25, 0.3) is 0 Å². The summed E-state index contributed by atoms with van der Waals surface area (Å²) in [6.07, 6.45) is 9.32. The fourth-order valence-corrected chi connectivity index (χ4v) is 5.08. The number of halogens is 1. The summed E-state index contributed by atoms with van der Waals surface area (Å²) in [5.41, 5.74) is 0.0747. The van der Waals surface area contributed by atoms with E-state index in [0.29, 0.717) is 36.1 Å². The predicted octanol–water partition coefficient (Wildman–Crippen LogP) is 3.77. The average molecular weight is 373 g/mol. The van der Waals surface area contributed by atoms with E-state index in [1.165, 1.54) is 32.1 Å². The highest BCUT2D eigenvalue weighted by Crippen LogP contribution is 2.46. The molecule has 5 heteroatoms. The van der Waals surface area contributed by atoms with E-state index in [-0.39, 0.29) is 17.8 Å². The van der Waals surface area contributed by atoms with Gasteiger partial charge in [-0.25, -0.2) is 0 Å². The highest BCUT2D eigenvalue weighted by Gasteiger charge is 2.52. The van der Waals surface area contributed by atoms with E-state index in [2.05, 4.69) is 26.1 Å². The summed E-state index contributed by atoms with van der Waals surface area (Å²) in [4.78, 5) is 14.8. The van der Waals surface area contributed by atoms with Crippen molar-refractivity contribution in [3.05, 3.63) is 0 Å². The van der Waals surface area contributed by atoms with E-state index in [1.807, 2.05) is 11.9 Å². The number of nitrogens with one attached hydrogen (secondary N) is 1. The second kappa shape index (κ2) is 8.58. The first-order valence-electron chi connectivity index (χ1n) is 10.0. The van der Waals surface area contributed by atoms with Crippen LogP contribution in [0, 0.1) is 11.3 Å².